The zero-order valence-electron chi connectivity index (χ0n) is 17.0. The van der Waals surface area contributed by atoms with Gasteiger partial charge < -0.3 is 15.5 Å². The second-order valence-electron chi connectivity index (χ2n) is 7.17. The molecule has 0 spiro atoms. The number of nitrogens with zero attached hydrogens (tertiary/aromatic N) is 3. The number of aliphatic imine (C=N–C) groups is 1. The predicted molar refractivity (Wildman–Crippen MR) is 112 cm³/mol. The summed E-state index contributed by atoms with van der Waals surface area (Å²) < 4.78 is 13.9. The van der Waals surface area contributed by atoms with E-state index in [9.17, 15) is 9.18 Å². The Labute approximate surface area is 172 Å². The molecule has 2 N–H and O–H groups in total. The molecule has 1 aromatic carbocycles. The largest absolute Gasteiger partial charge is 0.357 e. The number of rotatable bonds is 7. The fourth-order valence-corrected chi connectivity index (χ4v) is 3.42. The molecule has 2 rings (SSSR count). The van der Waals surface area contributed by atoms with Crippen LogP contribution in [0.25, 0.3) is 0 Å². The Morgan fingerprint density at radius 2 is 2.00 bits per heavy atom. The van der Waals surface area contributed by atoms with E-state index in [-0.39, 0.29) is 17.8 Å². The maximum atomic E-state index is 13.9. The standard InChI is InChI=1S/C20H31ClFN5O/c1-4-23-20(24-9-8-16-17(21)6-5-7-18(16)22)27-12-10-26(11-13-27)14-19(28)25-15(2)3/h5-7,15H,4,8-14H2,1-3H3,(H,23,24)(H,25,28). The van der Waals surface area contributed by atoms with Gasteiger partial charge in [-0.3, -0.25) is 14.7 Å². The van der Waals surface area contributed by atoms with Gasteiger partial charge in [0.15, 0.2) is 5.96 Å². The van der Waals surface area contributed by atoms with Gasteiger partial charge in [-0.2, -0.15) is 0 Å². The van der Waals surface area contributed by atoms with Gasteiger partial charge in [-0.1, -0.05) is 17.7 Å². The molecule has 8 heteroatoms. The van der Waals surface area contributed by atoms with Crippen molar-refractivity contribution in [3.63, 3.8) is 0 Å². The van der Waals surface area contributed by atoms with Crippen LogP contribution in [0.1, 0.15) is 26.3 Å². The molecule has 0 atom stereocenters. The highest BCUT2D eigenvalue weighted by molar-refractivity contribution is 6.31. The molecule has 28 heavy (non-hydrogen) atoms. The van der Waals surface area contributed by atoms with Crippen LogP contribution in [0, 0.1) is 5.82 Å². The summed E-state index contributed by atoms with van der Waals surface area (Å²) >= 11 is 6.09. The molecule has 0 unspecified atom stereocenters. The van der Waals surface area contributed by atoms with E-state index in [1.165, 1.54) is 6.07 Å². The van der Waals surface area contributed by atoms with Crippen LogP contribution in [0.15, 0.2) is 23.2 Å². The van der Waals surface area contributed by atoms with E-state index in [1.807, 2.05) is 20.8 Å². The quantitative estimate of drug-likeness (QED) is 0.533. The number of carbonyl (C=O) groups is 1. The van der Waals surface area contributed by atoms with Crippen molar-refractivity contribution < 1.29 is 9.18 Å². The van der Waals surface area contributed by atoms with Crippen LogP contribution >= 0.6 is 11.6 Å². The normalized spacial score (nSPS) is 15.8. The number of halogens is 2. The number of guanidine groups is 1. The molecule has 1 aliphatic rings. The van der Waals surface area contributed by atoms with Crippen molar-refractivity contribution in [2.24, 2.45) is 4.99 Å². The number of hydrogen-bond acceptors (Lipinski definition) is 3. The van der Waals surface area contributed by atoms with Crippen LogP contribution in [-0.4, -0.2) is 73.5 Å². The number of nitrogens with one attached hydrogen (secondary N) is 2. The summed E-state index contributed by atoms with van der Waals surface area (Å²) in [6.45, 7) is 10.8. The number of hydrogen-bond donors (Lipinski definition) is 2. The van der Waals surface area contributed by atoms with Gasteiger partial charge in [-0.15, -0.1) is 0 Å². The minimum atomic E-state index is -0.291. The monoisotopic (exact) mass is 411 g/mol. The van der Waals surface area contributed by atoms with Gasteiger partial charge in [0.05, 0.1) is 6.54 Å². The zero-order valence-corrected chi connectivity index (χ0v) is 17.7. The lowest BCUT2D eigenvalue weighted by Gasteiger charge is -2.36. The second-order valence-corrected chi connectivity index (χ2v) is 7.58. The van der Waals surface area contributed by atoms with Crippen LogP contribution in [-0.2, 0) is 11.2 Å². The Bertz CT molecular complexity index is 654. The molecule has 1 aromatic rings. The number of benzene rings is 1. The Hall–Kier alpha value is -1.86. The van der Waals surface area contributed by atoms with Crippen LogP contribution in [0.5, 0.6) is 0 Å². The minimum absolute atomic E-state index is 0.0609. The first kappa shape index (κ1) is 22.4. The first-order chi connectivity index (χ1) is 13.4. The van der Waals surface area contributed by atoms with Crippen molar-refractivity contribution in [1.29, 1.82) is 0 Å². The third kappa shape index (κ3) is 6.95. The SMILES string of the molecule is CCNC(=NCCc1c(F)cccc1Cl)N1CCN(CC(=O)NC(C)C)CC1. The molecule has 0 aliphatic carbocycles. The van der Waals surface area contributed by atoms with Crippen LogP contribution < -0.4 is 10.6 Å². The summed E-state index contributed by atoms with van der Waals surface area (Å²) in [5, 5.41) is 6.66. The smallest absolute Gasteiger partial charge is 0.234 e. The van der Waals surface area contributed by atoms with Crippen molar-refractivity contribution in [1.82, 2.24) is 20.4 Å². The average Bonchev–Trinajstić information content (AvgIpc) is 2.63. The zero-order chi connectivity index (χ0) is 20.5. The van der Waals surface area contributed by atoms with Crippen molar-refractivity contribution in [3.05, 3.63) is 34.6 Å². The van der Waals surface area contributed by atoms with Crippen LogP contribution in [0.3, 0.4) is 0 Å². The van der Waals surface area contributed by atoms with E-state index < -0.39 is 0 Å². The molecule has 1 saturated heterocycles. The number of carbonyl (C=O) groups excluding carboxylic acids is 1. The molecule has 1 aliphatic heterocycles. The summed E-state index contributed by atoms with van der Waals surface area (Å²) in [5.41, 5.74) is 0.504. The van der Waals surface area contributed by atoms with E-state index in [0.717, 1.165) is 38.7 Å². The molecular weight excluding hydrogens is 381 g/mol. The molecule has 0 saturated carbocycles. The highest BCUT2D eigenvalue weighted by Crippen LogP contribution is 2.19. The molecule has 1 amide bonds. The van der Waals surface area contributed by atoms with E-state index in [2.05, 4.69) is 25.4 Å². The van der Waals surface area contributed by atoms with Crippen LogP contribution in [0.4, 0.5) is 4.39 Å². The molecule has 0 bridgehead atoms. The molecule has 1 fully saturated rings. The van der Waals surface area contributed by atoms with Gasteiger partial charge in [0.1, 0.15) is 5.82 Å². The average molecular weight is 412 g/mol. The van der Waals surface area contributed by atoms with E-state index in [0.29, 0.717) is 30.1 Å². The number of amides is 1. The van der Waals surface area contributed by atoms with Crippen molar-refractivity contribution >= 4 is 23.5 Å². The highest BCUT2D eigenvalue weighted by atomic mass is 35.5. The van der Waals surface area contributed by atoms with Crippen LogP contribution in [0.2, 0.25) is 5.02 Å². The maximum Gasteiger partial charge on any atom is 0.234 e. The fraction of sp³-hybridized carbons (Fsp3) is 0.600. The second kappa shape index (κ2) is 11.2. The van der Waals surface area contributed by atoms with Gasteiger partial charge in [-0.25, -0.2) is 4.39 Å². The predicted octanol–water partition coefficient (Wildman–Crippen LogP) is 2.13. The lowest BCUT2D eigenvalue weighted by molar-refractivity contribution is -0.123. The number of piperazine rings is 1. The first-order valence-corrected chi connectivity index (χ1v) is 10.3. The van der Waals surface area contributed by atoms with E-state index >= 15 is 0 Å². The third-order valence-corrected chi connectivity index (χ3v) is 4.86. The van der Waals surface area contributed by atoms with Gasteiger partial charge in [-0.05, 0) is 39.3 Å². The highest BCUT2D eigenvalue weighted by Gasteiger charge is 2.21. The summed E-state index contributed by atoms with van der Waals surface area (Å²) in [6, 6.07) is 4.88. The lowest BCUT2D eigenvalue weighted by Crippen LogP contribution is -2.54. The van der Waals surface area contributed by atoms with Crippen molar-refractivity contribution in [2.45, 2.75) is 33.2 Å². The Morgan fingerprint density at radius 1 is 1.29 bits per heavy atom. The minimum Gasteiger partial charge on any atom is -0.357 e. The third-order valence-electron chi connectivity index (χ3n) is 4.51. The Balaban J connectivity index is 1.88. The van der Waals surface area contributed by atoms with Crippen molar-refractivity contribution in [3.8, 4) is 0 Å². The molecule has 1 heterocycles. The Kier molecular flexibility index (Phi) is 8.99. The molecule has 6 nitrogen and oxygen atoms in total. The van der Waals surface area contributed by atoms with Gasteiger partial charge in [0.2, 0.25) is 5.91 Å². The Morgan fingerprint density at radius 3 is 2.61 bits per heavy atom. The first-order valence-electron chi connectivity index (χ1n) is 9.88. The fourth-order valence-electron chi connectivity index (χ4n) is 3.16. The lowest BCUT2D eigenvalue weighted by atomic mass is 10.1. The maximum absolute atomic E-state index is 13.9. The van der Waals surface area contributed by atoms with E-state index in [4.69, 9.17) is 11.6 Å². The molecular formula is C20H31ClFN5O. The molecule has 0 aromatic heterocycles. The molecule has 156 valence electrons. The topological polar surface area (TPSA) is 60.0 Å². The van der Waals surface area contributed by atoms with Gasteiger partial charge >= 0.3 is 0 Å². The molecule has 0 radical (unpaired) electrons. The summed E-state index contributed by atoms with van der Waals surface area (Å²) in [7, 11) is 0. The summed E-state index contributed by atoms with van der Waals surface area (Å²) in [5.74, 6) is 0.591. The summed E-state index contributed by atoms with van der Waals surface area (Å²) in [4.78, 5) is 20.9. The van der Waals surface area contributed by atoms with Crippen molar-refractivity contribution in [2.75, 3.05) is 45.8 Å². The van der Waals surface area contributed by atoms with Gasteiger partial charge in [0.25, 0.3) is 0 Å². The van der Waals surface area contributed by atoms with Gasteiger partial charge in [0, 0.05) is 55.9 Å². The summed E-state index contributed by atoms with van der Waals surface area (Å²) in [6.07, 6.45) is 0.454. The van der Waals surface area contributed by atoms with E-state index in [1.54, 1.807) is 12.1 Å².